The van der Waals surface area contributed by atoms with E-state index in [1.807, 2.05) is 6.07 Å². The minimum absolute atomic E-state index is 0.00430. The number of benzene rings is 1. The molecule has 0 aliphatic carbocycles. The van der Waals surface area contributed by atoms with Crippen LogP contribution < -0.4 is 16.4 Å². The van der Waals surface area contributed by atoms with Crippen LogP contribution in [0.1, 0.15) is 38.7 Å². The summed E-state index contributed by atoms with van der Waals surface area (Å²) < 4.78 is 5.16. The minimum atomic E-state index is -1.28. The number of hydrogen-bond donors (Lipinski definition) is 5. The normalized spacial score (nSPS) is 21.9. The predicted molar refractivity (Wildman–Crippen MR) is 137 cm³/mol. The van der Waals surface area contributed by atoms with Gasteiger partial charge in [0.25, 0.3) is 0 Å². The molecule has 13 nitrogen and oxygen atoms in total. The van der Waals surface area contributed by atoms with Crippen molar-refractivity contribution in [2.75, 3.05) is 19.6 Å². The summed E-state index contributed by atoms with van der Waals surface area (Å²) in [7, 11) is 0. The van der Waals surface area contributed by atoms with Crippen LogP contribution in [0.25, 0.3) is 0 Å². The summed E-state index contributed by atoms with van der Waals surface area (Å²) in [6, 6.07) is 5.62. The monoisotopic (exact) mass is 547 g/mol. The van der Waals surface area contributed by atoms with Crippen LogP contribution in [0.4, 0.5) is 4.79 Å². The van der Waals surface area contributed by atoms with Crippen molar-refractivity contribution in [3.63, 3.8) is 0 Å². The van der Waals surface area contributed by atoms with Crippen LogP contribution in [0.15, 0.2) is 30.3 Å². The van der Waals surface area contributed by atoms with Crippen LogP contribution >= 0.6 is 0 Å². The second-order valence-corrected chi connectivity index (χ2v) is 10.0. The largest absolute Gasteiger partial charge is 0.445 e. The van der Waals surface area contributed by atoms with Gasteiger partial charge in [-0.1, -0.05) is 30.3 Å². The molecule has 6 N–H and O–H groups in total. The van der Waals surface area contributed by atoms with Gasteiger partial charge in [0.2, 0.25) is 23.6 Å². The van der Waals surface area contributed by atoms with Crippen molar-refractivity contribution < 1.29 is 38.9 Å². The summed E-state index contributed by atoms with van der Waals surface area (Å²) in [5.41, 5.74) is 6.02. The fourth-order valence-electron chi connectivity index (χ4n) is 4.86. The zero-order chi connectivity index (χ0) is 28.7. The zero-order valence-corrected chi connectivity index (χ0v) is 22.1. The molecular formula is C26H37N5O8. The first-order chi connectivity index (χ1) is 18.5. The van der Waals surface area contributed by atoms with Crippen LogP contribution in [0, 0.1) is 5.92 Å². The van der Waals surface area contributed by atoms with Gasteiger partial charge in [-0.3, -0.25) is 19.2 Å². The number of aliphatic hydroxyl groups excluding tert-OH is 2. The molecule has 2 aliphatic rings. The summed E-state index contributed by atoms with van der Waals surface area (Å²) in [6.45, 7) is 3.33. The second-order valence-electron chi connectivity index (χ2n) is 10.0. The molecule has 2 saturated heterocycles. The topological polar surface area (TPSA) is 192 Å². The van der Waals surface area contributed by atoms with Crippen LogP contribution in [-0.2, 0) is 30.5 Å². The Morgan fingerprint density at radius 3 is 2.28 bits per heavy atom. The molecule has 2 aliphatic heterocycles. The molecule has 1 aromatic rings. The maximum absolute atomic E-state index is 13.3. The molecule has 0 radical (unpaired) electrons. The van der Waals surface area contributed by atoms with Gasteiger partial charge in [-0.25, -0.2) is 4.79 Å². The van der Waals surface area contributed by atoms with Gasteiger partial charge in [-0.15, -0.1) is 0 Å². The van der Waals surface area contributed by atoms with Crippen molar-refractivity contribution in [3.05, 3.63) is 35.9 Å². The predicted octanol–water partition coefficient (Wildman–Crippen LogP) is -1.15. The number of likely N-dealkylation sites (tertiary alicyclic amines) is 2. The fraction of sp³-hybridized carbons (Fsp3) is 0.577. The highest BCUT2D eigenvalue weighted by Crippen LogP contribution is 2.26. The van der Waals surface area contributed by atoms with E-state index < -0.39 is 60.1 Å². The molecule has 1 aromatic carbocycles. The number of carbonyl (C=O) groups excluding carboxylic acids is 5. The lowest BCUT2D eigenvalue weighted by atomic mass is 10.1. The number of nitrogens with zero attached hydrogens (tertiary/aromatic N) is 2. The number of ether oxygens (including phenoxy) is 1. The molecule has 0 aromatic heterocycles. The van der Waals surface area contributed by atoms with Crippen LogP contribution in [0.2, 0.25) is 0 Å². The summed E-state index contributed by atoms with van der Waals surface area (Å²) in [4.78, 5) is 66.0. The van der Waals surface area contributed by atoms with Crippen molar-refractivity contribution in [2.45, 2.75) is 70.1 Å². The third-order valence-electron chi connectivity index (χ3n) is 7.01. The highest BCUT2D eigenvalue weighted by Gasteiger charge is 2.42. The molecule has 5 amide bonds. The fourth-order valence-corrected chi connectivity index (χ4v) is 4.86. The molecule has 3 rings (SSSR count). The number of nitrogens with one attached hydrogen (secondary N) is 2. The van der Waals surface area contributed by atoms with Gasteiger partial charge in [0.1, 0.15) is 24.7 Å². The number of primary amides is 1. The molecule has 214 valence electrons. The number of rotatable bonds is 10. The van der Waals surface area contributed by atoms with Crippen molar-refractivity contribution in [3.8, 4) is 0 Å². The maximum atomic E-state index is 13.3. The van der Waals surface area contributed by atoms with Crippen molar-refractivity contribution in [1.82, 2.24) is 20.4 Å². The van der Waals surface area contributed by atoms with Gasteiger partial charge in [0, 0.05) is 19.6 Å². The van der Waals surface area contributed by atoms with E-state index in [4.69, 9.17) is 10.5 Å². The first kappa shape index (κ1) is 29.8. The Balaban J connectivity index is 1.57. The molecule has 39 heavy (non-hydrogen) atoms. The number of amides is 5. The molecule has 0 unspecified atom stereocenters. The Hall–Kier alpha value is -3.71. The van der Waals surface area contributed by atoms with Gasteiger partial charge >= 0.3 is 6.09 Å². The Labute approximate surface area is 226 Å². The standard InChI is InChI=1S/C26H37N5O8/c1-15(32)20(22(27)34)28-23(35)19-9-6-11-31(19)24(36)18-10-12-30(13-18)25(37)21(16(2)33)29-26(38)39-14-17-7-4-3-5-8-17/h3-5,7-8,15-16,18-21,32-33H,6,9-14H2,1-2H3,(H2,27,34)(H,28,35)(H,29,38)/t15-,16-,18+,19-,20+,21+/m1/s1. The van der Waals surface area contributed by atoms with E-state index in [0.717, 1.165) is 5.56 Å². The zero-order valence-electron chi connectivity index (χ0n) is 22.1. The van der Waals surface area contributed by atoms with Gasteiger partial charge in [0.05, 0.1) is 18.1 Å². The Morgan fingerprint density at radius 2 is 1.67 bits per heavy atom. The van der Waals surface area contributed by atoms with E-state index in [0.29, 0.717) is 25.8 Å². The van der Waals surface area contributed by atoms with E-state index >= 15 is 0 Å². The van der Waals surface area contributed by atoms with Gasteiger partial charge in [-0.05, 0) is 38.7 Å². The van der Waals surface area contributed by atoms with E-state index in [1.54, 1.807) is 24.3 Å². The molecule has 0 bridgehead atoms. The average molecular weight is 548 g/mol. The van der Waals surface area contributed by atoms with Crippen molar-refractivity contribution in [2.24, 2.45) is 11.7 Å². The third-order valence-corrected chi connectivity index (χ3v) is 7.01. The van der Waals surface area contributed by atoms with Crippen LogP contribution in [-0.4, -0.2) is 99.7 Å². The summed E-state index contributed by atoms with van der Waals surface area (Å²) >= 11 is 0. The molecule has 2 heterocycles. The van der Waals surface area contributed by atoms with Gasteiger partial charge in [0.15, 0.2) is 0 Å². The smallest absolute Gasteiger partial charge is 0.408 e. The second kappa shape index (κ2) is 13.4. The Bertz CT molecular complexity index is 1050. The number of alkyl carbamates (subject to hydrolysis) is 1. The number of carbonyl (C=O) groups is 5. The van der Waals surface area contributed by atoms with E-state index in [2.05, 4.69) is 10.6 Å². The van der Waals surface area contributed by atoms with E-state index in [1.165, 1.54) is 23.6 Å². The van der Waals surface area contributed by atoms with Crippen LogP contribution in [0.3, 0.4) is 0 Å². The lowest BCUT2D eigenvalue weighted by Gasteiger charge is -2.29. The van der Waals surface area contributed by atoms with Crippen molar-refractivity contribution >= 4 is 29.7 Å². The molecular weight excluding hydrogens is 510 g/mol. The molecule has 2 fully saturated rings. The lowest BCUT2D eigenvalue weighted by molar-refractivity contribution is -0.142. The summed E-state index contributed by atoms with van der Waals surface area (Å²) in [6.07, 6.45) is -1.96. The van der Waals surface area contributed by atoms with Crippen LogP contribution in [0.5, 0.6) is 0 Å². The lowest BCUT2D eigenvalue weighted by Crippen LogP contribution is -2.56. The van der Waals surface area contributed by atoms with Crippen molar-refractivity contribution in [1.29, 1.82) is 0 Å². The quantitative estimate of drug-likeness (QED) is 0.242. The SMILES string of the molecule is C[C@@H](O)[C@H](NC(=O)[C@H]1CCCN1C(=O)[C@H]1CCN(C(=O)[C@@H](NC(=O)OCc2ccccc2)[C@@H](C)O)C1)C(N)=O. The first-order valence-electron chi connectivity index (χ1n) is 13.0. The number of nitrogens with two attached hydrogens (primary N) is 1. The van der Waals surface area contributed by atoms with Gasteiger partial charge in [-0.2, -0.15) is 0 Å². The first-order valence-corrected chi connectivity index (χ1v) is 13.0. The molecule has 0 saturated carbocycles. The molecule has 13 heteroatoms. The molecule has 0 spiro atoms. The highest BCUT2D eigenvalue weighted by atomic mass is 16.5. The summed E-state index contributed by atoms with van der Waals surface area (Å²) in [5, 5.41) is 24.8. The van der Waals surface area contributed by atoms with E-state index in [-0.39, 0.29) is 25.6 Å². The minimum Gasteiger partial charge on any atom is -0.445 e. The average Bonchev–Trinajstić information content (AvgIpc) is 3.59. The van der Waals surface area contributed by atoms with Gasteiger partial charge < -0.3 is 41.1 Å². The van der Waals surface area contributed by atoms with E-state index in [9.17, 15) is 34.2 Å². The number of aliphatic hydroxyl groups is 2. The maximum Gasteiger partial charge on any atom is 0.408 e. The summed E-state index contributed by atoms with van der Waals surface area (Å²) in [5.74, 6) is -2.90. The number of hydrogen-bond acceptors (Lipinski definition) is 8. The Kier molecular flexibility index (Phi) is 10.2. The third kappa shape index (κ3) is 7.67. The highest BCUT2D eigenvalue weighted by molar-refractivity contribution is 5.93. The Morgan fingerprint density at radius 1 is 1.00 bits per heavy atom. The molecule has 6 atom stereocenters.